The first kappa shape index (κ1) is 22.5. The molecule has 160 valence electrons. The molecule has 1 aliphatic heterocycles. The number of phenols is 1. The van der Waals surface area contributed by atoms with Gasteiger partial charge in [0.1, 0.15) is 11.3 Å². The quantitative estimate of drug-likeness (QED) is 0.547. The summed E-state index contributed by atoms with van der Waals surface area (Å²) in [6, 6.07) is 14.1. The maximum Gasteiger partial charge on any atom is 0.147 e. The lowest BCUT2D eigenvalue weighted by Crippen LogP contribution is -2.34. The van der Waals surface area contributed by atoms with Crippen LogP contribution >= 0.6 is 11.6 Å². The van der Waals surface area contributed by atoms with Crippen molar-refractivity contribution in [2.45, 2.75) is 39.7 Å². The third kappa shape index (κ3) is 4.94. The van der Waals surface area contributed by atoms with E-state index < -0.39 is 0 Å². The molecule has 0 spiro atoms. The van der Waals surface area contributed by atoms with Gasteiger partial charge in [-0.15, -0.1) is 0 Å². The lowest BCUT2D eigenvalue weighted by atomic mass is 9.93. The van der Waals surface area contributed by atoms with Crippen molar-refractivity contribution >= 4 is 22.5 Å². The molecule has 2 aromatic carbocycles. The Morgan fingerprint density at radius 3 is 2.40 bits per heavy atom. The van der Waals surface area contributed by atoms with Gasteiger partial charge in [-0.05, 0) is 43.5 Å². The van der Waals surface area contributed by atoms with Crippen LogP contribution in [0.1, 0.15) is 49.4 Å². The maximum atomic E-state index is 11.1. The van der Waals surface area contributed by atoms with Gasteiger partial charge in [0, 0.05) is 43.4 Å². The van der Waals surface area contributed by atoms with Gasteiger partial charge in [0.15, 0.2) is 0 Å². The Morgan fingerprint density at radius 2 is 1.73 bits per heavy atom. The van der Waals surface area contributed by atoms with E-state index in [0.29, 0.717) is 10.5 Å². The minimum absolute atomic E-state index is 0.0809. The standard InChI is InChI=1S/C23H25ClN2O2.C2H6/c1-16-6-8-17(9-7-16)22(26-11-3-13-28-14-4-12-26)19-15-20(24)18-5-2-10-25-21(18)23(19)27;1-2/h2,5-10,15,22,27H,3-4,11-14H2,1H3;1-2H3. The average molecular weight is 427 g/mol. The number of pyridine rings is 1. The zero-order valence-corrected chi connectivity index (χ0v) is 18.8. The molecule has 30 heavy (non-hydrogen) atoms. The summed E-state index contributed by atoms with van der Waals surface area (Å²) in [5, 5.41) is 12.5. The zero-order valence-electron chi connectivity index (χ0n) is 18.1. The smallest absolute Gasteiger partial charge is 0.147 e. The molecule has 4 rings (SSSR count). The molecule has 1 unspecified atom stereocenters. The molecule has 1 N–H and O–H groups in total. The van der Waals surface area contributed by atoms with Crippen LogP contribution in [0.3, 0.4) is 0 Å². The number of aromatic hydroxyl groups is 1. The highest BCUT2D eigenvalue weighted by atomic mass is 35.5. The highest BCUT2D eigenvalue weighted by Crippen LogP contribution is 2.41. The van der Waals surface area contributed by atoms with Crippen LogP contribution in [-0.2, 0) is 4.74 Å². The number of fused-ring (bicyclic) bond motifs is 1. The normalized spacial score (nSPS) is 16.3. The first-order valence-electron chi connectivity index (χ1n) is 10.8. The molecule has 3 aromatic rings. The number of phenolic OH excluding ortho intramolecular Hbond substituents is 1. The van der Waals surface area contributed by atoms with Gasteiger partial charge in [-0.2, -0.15) is 0 Å². The average Bonchev–Trinajstić information content (AvgIpc) is 2.75. The number of benzene rings is 2. The van der Waals surface area contributed by atoms with E-state index >= 15 is 0 Å². The van der Waals surface area contributed by atoms with Crippen molar-refractivity contribution in [1.82, 2.24) is 9.88 Å². The Kier molecular flexibility index (Phi) is 8.08. The van der Waals surface area contributed by atoms with Crippen molar-refractivity contribution in [1.29, 1.82) is 0 Å². The van der Waals surface area contributed by atoms with Crippen LogP contribution in [0.2, 0.25) is 5.02 Å². The third-order valence-electron chi connectivity index (χ3n) is 5.37. The second kappa shape index (κ2) is 10.8. The van der Waals surface area contributed by atoms with Gasteiger partial charge in [-0.1, -0.05) is 55.3 Å². The van der Waals surface area contributed by atoms with Crippen molar-refractivity contribution in [3.8, 4) is 5.75 Å². The van der Waals surface area contributed by atoms with Crippen molar-refractivity contribution < 1.29 is 9.84 Å². The van der Waals surface area contributed by atoms with E-state index in [-0.39, 0.29) is 11.8 Å². The van der Waals surface area contributed by atoms with Gasteiger partial charge in [-0.3, -0.25) is 9.88 Å². The molecule has 1 atom stereocenters. The molecule has 0 aliphatic carbocycles. The molecular weight excluding hydrogens is 396 g/mol. The minimum atomic E-state index is -0.0809. The molecule has 0 bridgehead atoms. The van der Waals surface area contributed by atoms with Crippen LogP contribution in [0, 0.1) is 6.92 Å². The van der Waals surface area contributed by atoms with Crippen molar-refractivity contribution in [3.05, 3.63) is 70.4 Å². The van der Waals surface area contributed by atoms with E-state index in [4.69, 9.17) is 16.3 Å². The molecule has 5 heteroatoms. The van der Waals surface area contributed by atoms with E-state index in [9.17, 15) is 5.11 Å². The van der Waals surface area contributed by atoms with Crippen LogP contribution < -0.4 is 0 Å². The highest BCUT2D eigenvalue weighted by molar-refractivity contribution is 6.35. The van der Waals surface area contributed by atoms with Gasteiger partial charge in [0.05, 0.1) is 11.1 Å². The summed E-state index contributed by atoms with van der Waals surface area (Å²) in [5.41, 5.74) is 3.72. The van der Waals surface area contributed by atoms with Gasteiger partial charge in [0.2, 0.25) is 0 Å². The van der Waals surface area contributed by atoms with Crippen LogP contribution in [0.4, 0.5) is 0 Å². The fourth-order valence-corrected chi connectivity index (χ4v) is 4.23. The molecular formula is C25H31ClN2O2. The number of aryl methyl sites for hydroxylation is 1. The summed E-state index contributed by atoms with van der Waals surface area (Å²) in [6.07, 6.45) is 3.61. The molecule has 0 saturated carbocycles. The Hall–Kier alpha value is -2.14. The molecule has 1 aromatic heterocycles. The number of hydrogen-bond acceptors (Lipinski definition) is 4. The number of hydrogen-bond donors (Lipinski definition) is 1. The summed E-state index contributed by atoms with van der Waals surface area (Å²) in [6.45, 7) is 9.42. The van der Waals surface area contributed by atoms with Gasteiger partial charge >= 0.3 is 0 Å². The second-order valence-corrected chi connectivity index (χ2v) is 7.77. The molecule has 1 fully saturated rings. The second-order valence-electron chi connectivity index (χ2n) is 7.36. The molecule has 0 amide bonds. The number of halogens is 1. The van der Waals surface area contributed by atoms with E-state index in [1.54, 1.807) is 6.20 Å². The van der Waals surface area contributed by atoms with Crippen molar-refractivity contribution in [2.75, 3.05) is 26.3 Å². The van der Waals surface area contributed by atoms with Crippen LogP contribution in [0.25, 0.3) is 10.9 Å². The van der Waals surface area contributed by atoms with Crippen LogP contribution in [-0.4, -0.2) is 41.3 Å². The number of nitrogens with zero attached hydrogens (tertiary/aromatic N) is 2. The first-order chi connectivity index (χ1) is 14.6. The predicted octanol–water partition coefficient (Wildman–Crippen LogP) is 6.13. The highest BCUT2D eigenvalue weighted by Gasteiger charge is 2.27. The van der Waals surface area contributed by atoms with Gasteiger partial charge in [-0.25, -0.2) is 0 Å². The number of aromatic nitrogens is 1. The summed E-state index contributed by atoms with van der Waals surface area (Å²) < 4.78 is 5.62. The number of ether oxygens (including phenoxy) is 1. The lowest BCUT2D eigenvalue weighted by Gasteiger charge is -2.34. The van der Waals surface area contributed by atoms with E-state index in [2.05, 4.69) is 41.1 Å². The van der Waals surface area contributed by atoms with Crippen LogP contribution in [0.15, 0.2) is 48.7 Å². The topological polar surface area (TPSA) is 45.6 Å². The fourth-order valence-electron chi connectivity index (χ4n) is 3.96. The minimum Gasteiger partial charge on any atom is -0.505 e. The maximum absolute atomic E-state index is 11.1. The largest absolute Gasteiger partial charge is 0.505 e. The molecule has 4 nitrogen and oxygen atoms in total. The molecule has 0 radical (unpaired) electrons. The Labute approximate surface area is 184 Å². The fraction of sp³-hybridized carbons (Fsp3) is 0.400. The molecule has 2 heterocycles. The van der Waals surface area contributed by atoms with Crippen molar-refractivity contribution in [3.63, 3.8) is 0 Å². The monoisotopic (exact) mass is 426 g/mol. The molecule has 1 saturated heterocycles. The van der Waals surface area contributed by atoms with Gasteiger partial charge in [0.25, 0.3) is 0 Å². The van der Waals surface area contributed by atoms with Crippen LogP contribution in [0.5, 0.6) is 5.75 Å². The summed E-state index contributed by atoms with van der Waals surface area (Å²) in [5.74, 6) is 0.212. The summed E-state index contributed by atoms with van der Waals surface area (Å²) in [7, 11) is 0. The third-order valence-corrected chi connectivity index (χ3v) is 5.68. The first-order valence-corrected chi connectivity index (χ1v) is 11.2. The molecule has 1 aliphatic rings. The summed E-state index contributed by atoms with van der Waals surface area (Å²) >= 11 is 6.60. The zero-order chi connectivity index (χ0) is 21.5. The van der Waals surface area contributed by atoms with E-state index in [1.165, 1.54) is 5.56 Å². The van der Waals surface area contributed by atoms with Crippen molar-refractivity contribution in [2.24, 2.45) is 0 Å². The Morgan fingerprint density at radius 1 is 1.07 bits per heavy atom. The Bertz CT molecular complexity index is 951. The lowest BCUT2D eigenvalue weighted by molar-refractivity contribution is 0.0789. The van der Waals surface area contributed by atoms with Gasteiger partial charge < -0.3 is 9.84 Å². The number of rotatable bonds is 3. The van der Waals surface area contributed by atoms with E-state index in [1.807, 2.05) is 32.0 Å². The Balaban J connectivity index is 0.00000124. The summed E-state index contributed by atoms with van der Waals surface area (Å²) in [4.78, 5) is 6.82. The predicted molar refractivity (Wildman–Crippen MR) is 124 cm³/mol. The SMILES string of the molecule is CC.Cc1ccc(C(c2cc(Cl)c3cccnc3c2O)N2CCCOCCC2)cc1. The van der Waals surface area contributed by atoms with E-state index in [0.717, 1.165) is 55.7 Å².